The van der Waals surface area contributed by atoms with Crippen molar-refractivity contribution in [1.29, 1.82) is 0 Å². The van der Waals surface area contributed by atoms with Crippen LogP contribution in [0.1, 0.15) is 48.5 Å². The summed E-state index contributed by atoms with van der Waals surface area (Å²) in [5.74, 6) is 0. The highest BCUT2D eigenvalue weighted by atomic mass is 16.6. The second kappa shape index (κ2) is 6.93. The Hall–Kier alpha value is -1.53. The van der Waals surface area contributed by atoms with Gasteiger partial charge in [-0.2, -0.15) is 0 Å². The van der Waals surface area contributed by atoms with Crippen LogP contribution in [0, 0.1) is 0 Å². The lowest BCUT2D eigenvalue weighted by Gasteiger charge is -2.37. The summed E-state index contributed by atoms with van der Waals surface area (Å²) in [7, 11) is 0.379. The summed E-state index contributed by atoms with van der Waals surface area (Å²) in [5.41, 5.74) is -0.520. The van der Waals surface area contributed by atoms with Crippen LogP contribution in [0.3, 0.4) is 0 Å². The zero-order chi connectivity index (χ0) is 17.9. The minimum absolute atomic E-state index is 0.379. The number of nitrogens with one attached hydrogen (secondary N) is 1. The third kappa shape index (κ3) is 6.63. The SMILES string of the molecule is CC(C)(C)OC(=O)Nc1ccc(BOC(C)(C)C(C)(C)O)cc1. The van der Waals surface area contributed by atoms with E-state index in [1.807, 2.05) is 46.8 Å². The van der Waals surface area contributed by atoms with Crippen molar-refractivity contribution in [3.05, 3.63) is 24.3 Å². The molecule has 0 heterocycles. The Bertz CT molecular complexity index is 527. The van der Waals surface area contributed by atoms with Gasteiger partial charge in [-0.25, -0.2) is 4.79 Å². The predicted octanol–water partition coefficient (Wildman–Crippen LogP) is 2.58. The van der Waals surface area contributed by atoms with Crippen LogP contribution in [-0.2, 0) is 9.39 Å². The first kappa shape index (κ1) is 19.5. The Labute approximate surface area is 139 Å². The Kier molecular flexibility index (Phi) is 5.88. The molecule has 0 atom stereocenters. The van der Waals surface area contributed by atoms with Gasteiger partial charge in [-0.05, 0) is 60.6 Å². The van der Waals surface area contributed by atoms with Gasteiger partial charge in [0.25, 0.3) is 0 Å². The van der Waals surface area contributed by atoms with Crippen molar-refractivity contribution in [3.63, 3.8) is 0 Å². The van der Waals surface area contributed by atoms with Crippen molar-refractivity contribution in [1.82, 2.24) is 0 Å². The van der Waals surface area contributed by atoms with Gasteiger partial charge in [0.1, 0.15) is 5.60 Å². The first-order valence-electron chi connectivity index (χ1n) is 7.75. The zero-order valence-corrected chi connectivity index (χ0v) is 15.2. The Morgan fingerprint density at radius 1 is 1.04 bits per heavy atom. The largest absolute Gasteiger partial charge is 0.444 e. The molecule has 1 rings (SSSR count). The minimum atomic E-state index is -0.939. The number of hydrogen-bond donors (Lipinski definition) is 2. The predicted molar refractivity (Wildman–Crippen MR) is 94.5 cm³/mol. The molecule has 0 aliphatic carbocycles. The molecule has 1 amide bonds. The number of carbonyl (C=O) groups is 1. The van der Waals surface area contributed by atoms with Gasteiger partial charge in [-0.3, -0.25) is 5.32 Å². The van der Waals surface area contributed by atoms with Gasteiger partial charge >= 0.3 is 13.6 Å². The highest BCUT2D eigenvalue weighted by Gasteiger charge is 2.35. The number of carbonyl (C=O) groups excluding carboxylic acids is 1. The zero-order valence-electron chi connectivity index (χ0n) is 15.2. The second-order valence-electron chi connectivity index (χ2n) is 7.68. The van der Waals surface area contributed by atoms with Gasteiger partial charge < -0.3 is 14.5 Å². The van der Waals surface area contributed by atoms with E-state index in [0.717, 1.165) is 5.46 Å². The van der Waals surface area contributed by atoms with E-state index in [2.05, 4.69) is 5.32 Å². The molecule has 0 fully saturated rings. The molecule has 1 aromatic rings. The van der Waals surface area contributed by atoms with Gasteiger partial charge in [-0.15, -0.1) is 0 Å². The smallest absolute Gasteiger partial charge is 0.412 e. The molecular formula is C17H28BNO4. The molecular weight excluding hydrogens is 293 g/mol. The summed E-state index contributed by atoms with van der Waals surface area (Å²) in [5, 5.41) is 12.8. The number of aliphatic hydroxyl groups is 1. The first-order chi connectivity index (χ1) is 10.3. The van der Waals surface area contributed by atoms with Crippen LogP contribution in [0.5, 0.6) is 0 Å². The van der Waals surface area contributed by atoms with Gasteiger partial charge in [0.15, 0.2) is 0 Å². The molecule has 0 bridgehead atoms. The number of ether oxygens (including phenoxy) is 1. The fraction of sp³-hybridized carbons (Fsp3) is 0.588. The number of rotatable bonds is 5. The molecule has 0 spiro atoms. The number of amides is 1. The van der Waals surface area contributed by atoms with E-state index < -0.39 is 22.9 Å². The average molecular weight is 321 g/mol. The van der Waals surface area contributed by atoms with E-state index in [4.69, 9.17) is 9.39 Å². The van der Waals surface area contributed by atoms with Crippen molar-refractivity contribution < 1.29 is 19.3 Å². The van der Waals surface area contributed by atoms with Crippen LogP contribution >= 0.6 is 0 Å². The standard InChI is InChI=1S/C17H28BNO4/c1-15(2,3)22-14(20)19-13-10-8-12(9-11-13)18-23-17(6,7)16(4,5)21/h8-11,18,21H,1-7H3,(H,19,20). The average Bonchev–Trinajstić information content (AvgIpc) is 2.34. The third-order valence-electron chi connectivity index (χ3n) is 3.67. The molecule has 0 saturated carbocycles. The summed E-state index contributed by atoms with van der Waals surface area (Å²) in [4.78, 5) is 11.7. The molecule has 0 unspecified atom stereocenters. The van der Waals surface area contributed by atoms with Crippen molar-refractivity contribution in [2.75, 3.05) is 5.32 Å². The van der Waals surface area contributed by atoms with Gasteiger partial charge in [0.2, 0.25) is 0 Å². The minimum Gasteiger partial charge on any atom is -0.444 e. The van der Waals surface area contributed by atoms with Crippen LogP contribution < -0.4 is 10.8 Å². The number of anilines is 1. The van der Waals surface area contributed by atoms with Crippen molar-refractivity contribution in [3.8, 4) is 0 Å². The highest BCUT2D eigenvalue weighted by Crippen LogP contribution is 2.24. The maximum Gasteiger partial charge on any atom is 0.412 e. The van der Waals surface area contributed by atoms with E-state index in [-0.39, 0.29) is 0 Å². The van der Waals surface area contributed by atoms with Gasteiger partial charge in [0, 0.05) is 5.69 Å². The lowest BCUT2D eigenvalue weighted by molar-refractivity contribution is -0.0893. The Balaban J connectivity index is 2.59. The molecule has 0 saturated heterocycles. The highest BCUT2D eigenvalue weighted by molar-refractivity contribution is 6.47. The molecule has 0 aromatic heterocycles. The van der Waals surface area contributed by atoms with Crippen molar-refractivity contribution in [2.24, 2.45) is 0 Å². The molecule has 0 aliphatic heterocycles. The Morgan fingerprint density at radius 2 is 1.57 bits per heavy atom. The van der Waals surface area contributed by atoms with Crippen molar-refractivity contribution in [2.45, 2.75) is 65.3 Å². The summed E-state index contributed by atoms with van der Waals surface area (Å²) >= 11 is 0. The molecule has 128 valence electrons. The summed E-state index contributed by atoms with van der Waals surface area (Å²) in [6.45, 7) is 12.6. The van der Waals surface area contributed by atoms with E-state index in [0.29, 0.717) is 13.2 Å². The third-order valence-corrected chi connectivity index (χ3v) is 3.67. The molecule has 23 heavy (non-hydrogen) atoms. The fourth-order valence-corrected chi connectivity index (χ4v) is 1.55. The fourth-order valence-electron chi connectivity index (χ4n) is 1.55. The molecule has 2 N–H and O–H groups in total. The number of benzene rings is 1. The van der Waals surface area contributed by atoms with Crippen LogP contribution in [0.2, 0.25) is 0 Å². The maximum atomic E-state index is 11.7. The van der Waals surface area contributed by atoms with E-state index >= 15 is 0 Å². The summed E-state index contributed by atoms with van der Waals surface area (Å²) < 4.78 is 11.0. The van der Waals surface area contributed by atoms with Gasteiger partial charge in [-0.1, -0.05) is 17.6 Å². The van der Waals surface area contributed by atoms with E-state index in [9.17, 15) is 9.90 Å². The molecule has 0 aliphatic rings. The lowest BCUT2D eigenvalue weighted by atomic mass is 9.82. The number of hydrogen-bond acceptors (Lipinski definition) is 4. The van der Waals surface area contributed by atoms with E-state index in [1.54, 1.807) is 26.0 Å². The summed E-state index contributed by atoms with van der Waals surface area (Å²) in [6.07, 6.45) is -0.482. The maximum absolute atomic E-state index is 11.7. The second-order valence-corrected chi connectivity index (χ2v) is 7.68. The van der Waals surface area contributed by atoms with Crippen LogP contribution in [-0.4, -0.2) is 35.5 Å². The monoisotopic (exact) mass is 321 g/mol. The van der Waals surface area contributed by atoms with Crippen molar-refractivity contribution >= 4 is 24.7 Å². The summed E-state index contributed by atoms with van der Waals surface area (Å²) in [6, 6.07) is 7.32. The molecule has 1 aromatic carbocycles. The quantitative estimate of drug-likeness (QED) is 0.818. The lowest BCUT2D eigenvalue weighted by Crippen LogP contribution is -2.49. The molecule has 0 radical (unpaired) electrons. The van der Waals surface area contributed by atoms with Gasteiger partial charge in [0.05, 0.1) is 11.2 Å². The Morgan fingerprint density at radius 3 is 2.00 bits per heavy atom. The topological polar surface area (TPSA) is 67.8 Å². The molecule has 5 nitrogen and oxygen atoms in total. The van der Waals surface area contributed by atoms with Crippen LogP contribution in [0.4, 0.5) is 10.5 Å². The van der Waals surface area contributed by atoms with Crippen LogP contribution in [0.15, 0.2) is 24.3 Å². The van der Waals surface area contributed by atoms with E-state index in [1.165, 1.54) is 0 Å². The normalized spacial score (nSPS) is 12.7. The molecule has 6 heteroatoms. The first-order valence-corrected chi connectivity index (χ1v) is 7.75. The van der Waals surface area contributed by atoms with Crippen LogP contribution in [0.25, 0.3) is 0 Å².